The van der Waals surface area contributed by atoms with Gasteiger partial charge in [0.25, 0.3) is 0 Å². The van der Waals surface area contributed by atoms with Gasteiger partial charge in [-0.3, -0.25) is 0 Å². The molecule has 0 bridgehead atoms. The first-order chi connectivity index (χ1) is 13.3. The molecule has 0 spiro atoms. The standard InChI is InChI=1S/C21H22F2N2O3/c1-12-4-5-17(16(23)6-12)24-18-7-14(22)8-19-21(18)13(2)20(9-25(19)3)28-11-15(27)10-26/h4-9,15,24,26-27H,2,10-11H2,1,3H3. The summed E-state index contributed by atoms with van der Waals surface area (Å²) in [5.74, 6) is -0.575. The molecule has 0 radical (unpaired) electrons. The normalized spacial score (nSPS) is 14.4. The second-order valence-electron chi connectivity index (χ2n) is 6.69. The highest BCUT2D eigenvalue weighted by molar-refractivity contribution is 5.94. The largest absolute Gasteiger partial charge is 0.489 e. The average molecular weight is 388 g/mol. The lowest BCUT2D eigenvalue weighted by molar-refractivity contribution is 0.0335. The molecule has 0 saturated carbocycles. The molecular formula is C21H22F2N2O3. The molecule has 1 heterocycles. The van der Waals surface area contributed by atoms with Crippen LogP contribution < -0.4 is 10.2 Å². The maximum absolute atomic E-state index is 14.3. The summed E-state index contributed by atoms with van der Waals surface area (Å²) < 4.78 is 34.1. The van der Waals surface area contributed by atoms with Crippen molar-refractivity contribution in [3.8, 4) is 0 Å². The number of ether oxygens (including phenoxy) is 1. The topological polar surface area (TPSA) is 65.0 Å². The van der Waals surface area contributed by atoms with Gasteiger partial charge in [0.1, 0.15) is 30.1 Å². The fourth-order valence-corrected chi connectivity index (χ4v) is 2.96. The van der Waals surface area contributed by atoms with E-state index in [2.05, 4.69) is 11.9 Å². The van der Waals surface area contributed by atoms with Crippen LogP contribution in [0.5, 0.6) is 0 Å². The number of anilines is 3. The fraction of sp³-hybridized carbons (Fsp3) is 0.238. The lowest BCUT2D eigenvalue weighted by Gasteiger charge is -2.30. The molecule has 3 N–H and O–H groups in total. The summed E-state index contributed by atoms with van der Waals surface area (Å²) >= 11 is 0. The van der Waals surface area contributed by atoms with Crippen molar-refractivity contribution in [2.75, 3.05) is 30.5 Å². The Morgan fingerprint density at radius 2 is 1.96 bits per heavy atom. The number of hydrogen-bond donors (Lipinski definition) is 3. The predicted molar refractivity (Wildman–Crippen MR) is 105 cm³/mol. The second-order valence-corrected chi connectivity index (χ2v) is 6.69. The number of aryl methyl sites for hydroxylation is 1. The quantitative estimate of drug-likeness (QED) is 0.704. The SMILES string of the molecule is C=C1C(OCC(O)CO)=CN(C)c2cc(F)cc(Nc3ccc(C)cc3F)c21. The Morgan fingerprint density at radius 3 is 2.64 bits per heavy atom. The van der Waals surface area contributed by atoms with E-state index in [0.717, 1.165) is 5.56 Å². The predicted octanol–water partition coefficient (Wildman–Crippen LogP) is 3.69. The summed E-state index contributed by atoms with van der Waals surface area (Å²) in [6.07, 6.45) is 0.581. The number of aliphatic hydroxyl groups excluding tert-OH is 2. The third-order valence-corrected chi connectivity index (χ3v) is 4.41. The van der Waals surface area contributed by atoms with E-state index in [9.17, 15) is 13.9 Å². The van der Waals surface area contributed by atoms with Gasteiger partial charge >= 0.3 is 0 Å². The summed E-state index contributed by atoms with van der Waals surface area (Å²) in [5, 5.41) is 21.4. The van der Waals surface area contributed by atoms with Crippen molar-refractivity contribution < 1.29 is 23.7 Å². The third kappa shape index (κ3) is 4.00. The molecule has 1 aliphatic heterocycles. The lowest BCUT2D eigenvalue weighted by atomic mass is 9.97. The first-order valence-electron chi connectivity index (χ1n) is 8.73. The fourth-order valence-electron chi connectivity index (χ4n) is 2.96. The number of benzene rings is 2. The van der Waals surface area contributed by atoms with Crippen LogP contribution in [0.1, 0.15) is 11.1 Å². The van der Waals surface area contributed by atoms with Crippen molar-refractivity contribution in [3.05, 3.63) is 71.6 Å². The maximum atomic E-state index is 14.3. The van der Waals surface area contributed by atoms with Crippen molar-refractivity contribution in [3.63, 3.8) is 0 Å². The van der Waals surface area contributed by atoms with Crippen molar-refractivity contribution in [1.82, 2.24) is 0 Å². The van der Waals surface area contributed by atoms with Gasteiger partial charge < -0.3 is 25.2 Å². The van der Waals surface area contributed by atoms with Crippen molar-refractivity contribution in [2.24, 2.45) is 0 Å². The molecule has 0 amide bonds. The van der Waals surface area contributed by atoms with Gasteiger partial charge in [0.2, 0.25) is 0 Å². The molecule has 1 unspecified atom stereocenters. The molecule has 1 atom stereocenters. The molecule has 0 aliphatic carbocycles. The first kappa shape index (κ1) is 19.9. The highest BCUT2D eigenvalue weighted by Crippen LogP contribution is 2.42. The summed E-state index contributed by atoms with van der Waals surface area (Å²) in [7, 11) is 1.72. The number of nitrogens with one attached hydrogen (secondary N) is 1. The van der Waals surface area contributed by atoms with Gasteiger partial charge in [-0.25, -0.2) is 8.78 Å². The minimum atomic E-state index is -1.03. The van der Waals surface area contributed by atoms with Gasteiger partial charge in [0.05, 0.1) is 23.7 Å². The van der Waals surface area contributed by atoms with Crippen LogP contribution >= 0.6 is 0 Å². The molecule has 148 valence electrons. The summed E-state index contributed by atoms with van der Waals surface area (Å²) in [4.78, 5) is 1.66. The van der Waals surface area contributed by atoms with Gasteiger partial charge in [-0.2, -0.15) is 0 Å². The molecule has 0 aromatic heterocycles. The van der Waals surface area contributed by atoms with E-state index in [-0.39, 0.29) is 12.3 Å². The van der Waals surface area contributed by atoms with Gasteiger partial charge in [-0.1, -0.05) is 12.6 Å². The molecule has 0 saturated heterocycles. The Hall–Kier alpha value is -2.90. The Kier molecular flexibility index (Phi) is 5.67. The van der Waals surface area contributed by atoms with Crippen LogP contribution in [0.4, 0.5) is 25.8 Å². The zero-order valence-corrected chi connectivity index (χ0v) is 15.7. The smallest absolute Gasteiger partial charge is 0.146 e. The Bertz CT molecular complexity index is 943. The molecule has 3 rings (SSSR count). The minimum Gasteiger partial charge on any atom is -0.489 e. The molecule has 28 heavy (non-hydrogen) atoms. The van der Waals surface area contributed by atoms with Crippen LogP contribution in [-0.4, -0.2) is 36.6 Å². The molecule has 2 aromatic rings. The van der Waals surface area contributed by atoms with Gasteiger partial charge in [0.15, 0.2) is 0 Å². The highest BCUT2D eigenvalue weighted by Gasteiger charge is 2.25. The van der Waals surface area contributed by atoms with Gasteiger partial charge in [-0.15, -0.1) is 0 Å². The van der Waals surface area contributed by atoms with Crippen molar-refractivity contribution >= 4 is 22.6 Å². The number of halogens is 2. The zero-order valence-electron chi connectivity index (χ0n) is 15.7. The van der Waals surface area contributed by atoms with Crippen LogP contribution in [0, 0.1) is 18.6 Å². The van der Waals surface area contributed by atoms with Crippen LogP contribution in [0.2, 0.25) is 0 Å². The van der Waals surface area contributed by atoms with Crippen LogP contribution in [0.3, 0.4) is 0 Å². The van der Waals surface area contributed by atoms with E-state index in [1.165, 1.54) is 18.2 Å². The number of fused-ring (bicyclic) bond motifs is 1. The van der Waals surface area contributed by atoms with E-state index in [4.69, 9.17) is 9.84 Å². The zero-order chi connectivity index (χ0) is 20.4. The number of rotatable bonds is 6. The number of hydrogen-bond acceptors (Lipinski definition) is 5. The van der Waals surface area contributed by atoms with Crippen molar-refractivity contribution in [1.29, 1.82) is 0 Å². The maximum Gasteiger partial charge on any atom is 0.146 e. The highest BCUT2D eigenvalue weighted by atomic mass is 19.1. The van der Waals surface area contributed by atoms with Gasteiger partial charge in [-0.05, 0) is 36.8 Å². The van der Waals surface area contributed by atoms with Crippen molar-refractivity contribution in [2.45, 2.75) is 13.0 Å². The molecule has 5 nitrogen and oxygen atoms in total. The van der Waals surface area contributed by atoms with E-state index in [1.807, 2.05) is 0 Å². The summed E-state index contributed by atoms with van der Waals surface area (Å²) in [6, 6.07) is 7.35. The Labute approximate surface area is 162 Å². The lowest BCUT2D eigenvalue weighted by Crippen LogP contribution is -2.23. The average Bonchev–Trinajstić information content (AvgIpc) is 2.65. The molecule has 7 heteroatoms. The molecule has 1 aliphatic rings. The van der Waals surface area contributed by atoms with E-state index in [0.29, 0.717) is 28.3 Å². The second kappa shape index (κ2) is 8.00. The summed E-state index contributed by atoms with van der Waals surface area (Å²) in [5.41, 5.74) is 2.87. The molecular weight excluding hydrogens is 366 g/mol. The van der Waals surface area contributed by atoms with E-state index < -0.39 is 24.3 Å². The third-order valence-electron chi connectivity index (χ3n) is 4.41. The number of aliphatic hydroxyl groups is 2. The Morgan fingerprint density at radius 1 is 1.21 bits per heavy atom. The first-order valence-corrected chi connectivity index (χ1v) is 8.73. The van der Waals surface area contributed by atoms with E-state index >= 15 is 0 Å². The van der Waals surface area contributed by atoms with Gasteiger partial charge in [0, 0.05) is 24.4 Å². The van der Waals surface area contributed by atoms with Crippen LogP contribution in [0.25, 0.3) is 5.57 Å². The number of nitrogens with zero attached hydrogens (tertiary/aromatic N) is 1. The molecule has 0 fully saturated rings. The monoisotopic (exact) mass is 388 g/mol. The van der Waals surface area contributed by atoms with Crippen LogP contribution in [0.15, 0.2) is 48.9 Å². The van der Waals surface area contributed by atoms with Crippen LogP contribution in [-0.2, 0) is 4.74 Å². The summed E-state index contributed by atoms with van der Waals surface area (Å²) in [6.45, 7) is 5.25. The Balaban J connectivity index is 1.98. The van der Waals surface area contributed by atoms with E-state index in [1.54, 1.807) is 37.2 Å². The number of allylic oxidation sites excluding steroid dienone is 1. The minimum absolute atomic E-state index is 0.124. The molecule has 2 aromatic carbocycles.